The summed E-state index contributed by atoms with van der Waals surface area (Å²) in [6.45, 7) is 3.27. The van der Waals surface area contributed by atoms with E-state index in [1.165, 1.54) is 24.3 Å². The molecule has 1 amide bonds. The summed E-state index contributed by atoms with van der Waals surface area (Å²) in [5, 5.41) is 2.48. The van der Waals surface area contributed by atoms with Gasteiger partial charge in [-0.2, -0.15) is 0 Å². The number of carbonyl (C=O) groups excluding carboxylic acids is 3. The van der Waals surface area contributed by atoms with Crippen molar-refractivity contribution in [3.8, 4) is 0 Å². The van der Waals surface area contributed by atoms with Crippen molar-refractivity contribution in [3.63, 3.8) is 0 Å². The summed E-state index contributed by atoms with van der Waals surface area (Å²) in [5.74, 6) is -1.72. The standard InChI is InChI=1S/C20H20FNO4/c1-13-3-4-14(2)17(11-13)18(23)9-10-20(25)26-12-19(24)22-16-7-5-15(21)6-8-16/h3-8,11H,9-10,12H2,1-2H3,(H,22,24). The van der Waals surface area contributed by atoms with Crippen LogP contribution in [0.15, 0.2) is 42.5 Å². The lowest BCUT2D eigenvalue weighted by molar-refractivity contribution is -0.147. The lowest BCUT2D eigenvalue weighted by atomic mass is 9.99. The van der Waals surface area contributed by atoms with E-state index < -0.39 is 24.3 Å². The summed E-state index contributed by atoms with van der Waals surface area (Å²) < 4.78 is 17.7. The molecule has 0 atom stereocenters. The molecule has 0 bridgehead atoms. The maximum atomic E-state index is 12.8. The Balaban J connectivity index is 1.76. The molecule has 26 heavy (non-hydrogen) atoms. The molecule has 0 heterocycles. The van der Waals surface area contributed by atoms with Crippen LogP contribution in [0.3, 0.4) is 0 Å². The maximum Gasteiger partial charge on any atom is 0.306 e. The Kier molecular flexibility index (Phi) is 6.60. The topological polar surface area (TPSA) is 72.5 Å². The number of amides is 1. The molecule has 0 radical (unpaired) electrons. The SMILES string of the molecule is Cc1ccc(C)c(C(=O)CCC(=O)OCC(=O)Nc2ccc(F)cc2)c1. The number of benzene rings is 2. The minimum absolute atomic E-state index is 0.0166. The number of rotatable bonds is 7. The van der Waals surface area contributed by atoms with Crippen molar-refractivity contribution in [2.24, 2.45) is 0 Å². The molecule has 0 aromatic heterocycles. The van der Waals surface area contributed by atoms with E-state index in [-0.39, 0.29) is 18.6 Å². The summed E-state index contributed by atoms with van der Waals surface area (Å²) in [6, 6.07) is 10.8. The first-order chi connectivity index (χ1) is 12.3. The van der Waals surface area contributed by atoms with E-state index >= 15 is 0 Å². The van der Waals surface area contributed by atoms with Crippen LogP contribution in [-0.4, -0.2) is 24.3 Å². The van der Waals surface area contributed by atoms with Gasteiger partial charge in [-0.05, 0) is 49.7 Å². The van der Waals surface area contributed by atoms with Crippen molar-refractivity contribution >= 4 is 23.3 Å². The molecule has 5 nitrogen and oxygen atoms in total. The average molecular weight is 357 g/mol. The Hall–Kier alpha value is -3.02. The van der Waals surface area contributed by atoms with Crippen molar-refractivity contribution in [3.05, 3.63) is 65.0 Å². The molecule has 0 aliphatic rings. The third kappa shape index (κ3) is 5.81. The van der Waals surface area contributed by atoms with E-state index in [0.717, 1.165) is 11.1 Å². The summed E-state index contributed by atoms with van der Waals surface area (Å²) in [6.07, 6.45) is -0.0846. The van der Waals surface area contributed by atoms with Crippen LogP contribution in [0.25, 0.3) is 0 Å². The van der Waals surface area contributed by atoms with Crippen molar-refractivity contribution < 1.29 is 23.5 Å². The van der Waals surface area contributed by atoms with Crippen molar-refractivity contribution in [1.82, 2.24) is 0 Å². The van der Waals surface area contributed by atoms with Gasteiger partial charge in [0.2, 0.25) is 0 Å². The first-order valence-corrected chi connectivity index (χ1v) is 8.16. The third-order valence-corrected chi connectivity index (χ3v) is 3.74. The smallest absolute Gasteiger partial charge is 0.306 e. The molecule has 0 spiro atoms. The second kappa shape index (κ2) is 8.89. The zero-order valence-corrected chi connectivity index (χ0v) is 14.7. The van der Waals surface area contributed by atoms with Crippen LogP contribution in [-0.2, 0) is 14.3 Å². The number of halogens is 1. The molecule has 2 aromatic rings. The predicted molar refractivity (Wildman–Crippen MR) is 95.5 cm³/mol. The fraction of sp³-hybridized carbons (Fsp3) is 0.250. The number of aryl methyl sites for hydroxylation is 2. The summed E-state index contributed by atoms with van der Waals surface area (Å²) in [5.41, 5.74) is 2.82. The fourth-order valence-corrected chi connectivity index (χ4v) is 2.34. The molecule has 2 rings (SSSR count). The normalized spacial score (nSPS) is 10.3. The van der Waals surface area contributed by atoms with Crippen molar-refractivity contribution in [2.45, 2.75) is 26.7 Å². The van der Waals surface area contributed by atoms with Crippen LogP contribution < -0.4 is 5.32 Å². The molecule has 1 N–H and O–H groups in total. The van der Waals surface area contributed by atoms with E-state index in [0.29, 0.717) is 11.3 Å². The zero-order chi connectivity index (χ0) is 19.1. The highest BCUT2D eigenvalue weighted by molar-refractivity contribution is 5.99. The summed E-state index contributed by atoms with van der Waals surface area (Å²) in [7, 11) is 0. The number of ether oxygens (including phenoxy) is 1. The number of Topliss-reactive ketones (excluding diaryl/α,β-unsaturated/α-hetero) is 1. The molecule has 6 heteroatoms. The van der Waals surface area contributed by atoms with Gasteiger partial charge in [0.25, 0.3) is 5.91 Å². The molecular weight excluding hydrogens is 337 g/mol. The Bertz CT molecular complexity index is 815. The van der Waals surface area contributed by atoms with Gasteiger partial charge in [0.05, 0.1) is 6.42 Å². The molecule has 0 fully saturated rings. The number of carbonyl (C=O) groups is 3. The van der Waals surface area contributed by atoms with Crippen LogP contribution in [0.5, 0.6) is 0 Å². The first kappa shape index (κ1) is 19.3. The number of esters is 1. The van der Waals surface area contributed by atoms with Crippen molar-refractivity contribution in [1.29, 1.82) is 0 Å². The molecular formula is C20H20FNO4. The van der Waals surface area contributed by atoms with E-state index in [1.54, 1.807) is 6.07 Å². The fourth-order valence-electron chi connectivity index (χ4n) is 2.34. The molecule has 0 saturated heterocycles. The highest BCUT2D eigenvalue weighted by Crippen LogP contribution is 2.14. The Morgan fingerprint density at radius 2 is 1.69 bits per heavy atom. The van der Waals surface area contributed by atoms with E-state index in [1.807, 2.05) is 26.0 Å². The Labute approximate surface area is 151 Å². The van der Waals surface area contributed by atoms with Crippen molar-refractivity contribution in [2.75, 3.05) is 11.9 Å². The minimum Gasteiger partial charge on any atom is -0.456 e. The van der Waals surface area contributed by atoms with E-state index in [4.69, 9.17) is 4.74 Å². The van der Waals surface area contributed by atoms with Gasteiger partial charge in [0, 0.05) is 17.7 Å². The Morgan fingerprint density at radius 1 is 1.00 bits per heavy atom. The highest BCUT2D eigenvalue weighted by atomic mass is 19.1. The molecule has 0 aliphatic carbocycles. The van der Waals surface area contributed by atoms with Gasteiger partial charge < -0.3 is 10.1 Å². The number of nitrogens with one attached hydrogen (secondary N) is 1. The van der Waals surface area contributed by atoms with Gasteiger partial charge in [-0.3, -0.25) is 14.4 Å². The monoisotopic (exact) mass is 357 g/mol. The van der Waals surface area contributed by atoms with Crippen LogP contribution in [0.1, 0.15) is 34.3 Å². The minimum atomic E-state index is -0.627. The van der Waals surface area contributed by atoms with Gasteiger partial charge in [0.1, 0.15) is 5.82 Å². The molecule has 0 saturated carbocycles. The number of ketones is 1. The lowest BCUT2D eigenvalue weighted by Gasteiger charge is -2.08. The number of hydrogen-bond acceptors (Lipinski definition) is 4. The van der Waals surface area contributed by atoms with Gasteiger partial charge in [-0.1, -0.05) is 17.7 Å². The van der Waals surface area contributed by atoms with Crippen LogP contribution in [0, 0.1) is 19.7 Å². The lowest BCUT2D eigenvalue weighted by Crippen LogP contribution is -2.21. The van der Waals surface area contributed by atoms with Gasteiger partial charge in [-0.15, -0.1) is 0 Å². The maximum absolute atomic E-state index is 12.8. The highest BCUT2D eigenvalue weighted by Gasteiger charge is 2.14. The van der Waals surface area contributed by atoms with Crippen LogP contribution >= 0.6 is 0 Å². The molecule has 0 unspecified atom stereocenters. The molecule has 2 aromatic carbocycles. The molecule has 0 aliphatic heterocycles. The Morgan fingerprint density at radius 3 is 2.38 bits per heavy atom. The van der Waals surface area contributed by atoms with Crippen LogP contribution in [0.2, 0.25) is 0 Å². The molecule has 136 valence electrons. The largest absolute Gasteiger partial charge is 0.456 e. The van der Waals surface area contributed by atoms with E-state index in [2.05, 4.69) is 5.32 Å². The first-order valence-electron chi connectivity index (χ1n) is 8.16. The van der Waals surface area contributed by atoms with Gasteiger partial charge >= 0.3 is 5.97 Å². The second-order valence-electron chi connectivity index (χ2n) is 5.96. The third-order valence-electron chi connectivity index (χ3n) is 3.74. The second-order valence-corrected chi connectivity index (χ2v) is 5.96. The summed E-state index contributed by atoms with van der Waals surface area (Å²) in [4.78, 5) is 35.6. The average Bonchev–Trinajstić information content (AvgIpc) is 2.62. The van der Waals surface area contributed by atoms with Gasteiger partial charge in [-0.25, -0.2) is 4.39 Å². The quantitative estimate of drug-likeness (QED) is 0.607. The van der Waals surface area contributed by atoms with Gasteiger partial charge in [0.15, 0.2) is 12.4 Å². The number of hydrogen-bond donors (Lipinski definition) is 1. The predicted octanol–water partition coefficient (Wildman–Crippen LogP) is 3.59. The van der Waals surface area contributed by atoms with E-state index in [9.17, 15) is 18.8 Å². The van der Waals surface area contributed by atoms with Crippen LogP contribution in [0.4, 0.5) is 10.1 Å². The number of anilines is 1. The summed E-state index contributed by atoms with van der Waals surface area (Å²) >= 11 is 0. The zero-order valence-electron chi connectivity index (χ0n) is 14.7.